The van der Waals surface area contributed by atoms with Crippen molar-refractivity contribution >= 4 is 17.9 Å². The van der Waals surface area contributed by atoms with Crippen LogP contribution in [0.3, 0.4) is 0 Å². The minimum Gasteiger partial charge on any atom is -0.462 e. The second-order valence-electron chi connectivity index (χ2n) is 13.8. The molecule has 1 atom stereocenters. The zero-order valence-electron chi connectivity index (χ0n) is 29.8. The monoisotopic (exact) mass is 625 g/mol. The van der Waals surface area contributed by atoms with E-state index < -0.39 is 6.10 Å². The predicted octanol–water partition coefficient (Wildman–Crippen LogP) is 11.1. The molecule has 0 aliphatic heterocycles. The third kappa shape index (κ3) is 31.8. The molecule has 0 rings (SSSR count). The fraction of sp³-hybridized carbons (Fsp3) is 0.921. The van der Waals surface area contributed by atoms with E-state index in [1.807, 2.05) is 0 Å². The highest BCUT2D eigenvalue weighted by molar-refractivity contribution is 5.71. The van der Waals surface area contributed by atoms with E-state index in [1.54, 1.807) is 0 Å². The van der Waals surface area contributed by atoms with Crippen LogP contribution in [0, 0.1) is 11.8 Å². The van der Waals surface area contributed by atoms with Gasteiger partial charge in [-0.1, -0.05) is 157 Å². The summed E-state index contributed by atoms with van der Waals surface area (Å²) in [5, 5.41) is 0. The standard InChI is InChI=1S/C38H72O6/c1-6-7-8-16-23-28-36(39)42-31-35(44-38(41)30-25-20-15-14-18-22-27-34(4)5)32-43-37(40)29-24-19-13-11-9-10-12-17-21-26-33(2)3/h33-35H,6-32H2,1-5H3/t35-/m1/s1. The summed E-state index contributed by atoms with van der Waals surface area (Å²) in [6, 6.07) is 0. The van der Waals surface area contributed by atoms with E-state index >= 15 is 0 Å². The zero-order chi connectivity index (χ0) is 32.7. The van der Waals surface area contributed by atoms with Crippen molar-refractivity contribution in [3.63, 3.8) is 0 Å². The minimum atomic E-state index is -0.757. The summed E-state index contributed by atoms with van der Waals surface area (Å²) < 4.78 is 16.5. The Morgan fingerprint density at radius 2 is 0.750 bits per heavy atom. The van der Waals surface area contributed by atoms with Gasteiger partial charge in [0.15, 0.2) is 6.10 Å². The molecule has 6 heteroatoms. The minimum absolute atomic E-state index is 0.0684. The second-order valence-corrected chi connectivity index (χ2v) is 13.8. The molecule has 0 radical (unpaired) electrons. The molecule has 0 aromatic carbocycles. The van der Waals surface area contributed by atoms with E-state index in [2.05, 4.69) is 34.6 Å². The molecule has 260 valence electrons. The van der Waals surface area contributed by atoms with E-state index in [4.69, 9.17) is 14.2 Å². The van der Waals surface area contributed by atoms with E-state index in [0.29, 0.717) is 19.3 Å². The first kappa shape index (κ1) is 42.4. The van der Waals surface area contributed by atoms with Gasteiger partial charge in [-0.15, -0.1) is 0 Å². The normalized spacial score (nSPS) is 12.1. The van der Waals surface area contributed by atoms with E-state index in [-0.39, 0.29) is 31.1 Å². The van der Waals surface area contributed by atoms with Gasteiger partial charge in [0.1, 0.15) is 13.2 Å². The van der Waals surface area contributed by atoms with Crippen molar-refractivity contribution < 1.29 is 28.6 Å². The third-order valence-electron chi connectivity index (χ3n) is 8.22. The number of unbranched alkanes of at least 4 members (excludes halogenated alkanes) is 17. The molecule has 0 unspecified atom stereocenters. The molecule has 0 amide bonds. The average molecular weight is 625 g/mol. The molecule has 0 saturated carbocycles. The Morgan fingerprint density at radius 1 is 0.432 bits per heavy atom. The molecular formula is C38H72O6. The Hall–Kier alpha value is -1.59. The first-order chi connectivity index (χ1) is 21.2. The maximum atomic E-state index is 12.5. The van der Waals surface area contributed by atoms with Crippen molar-refractivity contribution in [2.75, 3.05) is 13.2 Å². The van der Waals surface area contributed by atoms with Gasteiger partial charge in [0.2, 0.25) is 0 Å². The Balaban J connectivity index is 4.28. The Labute approximate surface area is 272 Å². The number of hydrogen-bond acceptors (Lipinski definition) is 6. The third-order valence-corrected chi connectivity index (χ3v) is 8.22. The Morgan fingerprint density at radius 3 is 1.11 bits per heavy atom. The van der Waals surface area contributed by atoms with Crippen LogP contribution in [-0.2, 0) is 28.6 Å². The summed E-state index contributed by atoms with van der Waals surface area (Å²) >= 11 is 0. The number of carbonyl (C=O) groups is 3. The van der Waals surface area contributed by atoms with E-state index in [9.17, 15) is 14.4 Å². The highest BCUT2D eigenvalue weighted by Gasteiger charge is 2.19. The Bertz CT molecular complexity index is 674. The summed E-state index contributed by atoms with van der Waals surface area (Å²) in [5.41, 5.74) is 0. The highest BCUT2D eigenvalue weighted by Crippen LogP contribution is 2.15. The van der Waals surface area contributed by atoms with E-state index in [0.717, 1.165) is 76.0 Å². The van der Waals surface area contributed by atoms with E-state index in [1.165, 1.54) is 77.0 Å². The molecule has 0 aliphatic carbocycles. The van der Waals surface area contributed by atoms with Gasteiger partial charge in [-0.25, -0.2) is 0 Å². The molecule has 0 saturated heterocycles. The summed E-state index contributed by atoms with van der Waals surface area (Å²) in [4.78, 5) is 37.1. The molecule has 0 aromatic rings. The van der Waals surface area contributed by atoms with Gasteiger partial charge in [0.05, 0.1) is 0 Å². The topological polar surface area (TPSA) is 78.9 Å². The summed E-state index contributed by atoms with van der Waals surface area (Å²) in [6.07, 6.45) is 25.6. The number of esters is 3. The maximum absolute atomic E-state index is 12.5. The first-order valence-electron chi connectivity index (χ1n) is 18.7. The van der Waals surface area contributed by atoms with Crippen LogP contribution >= 0.6 is 0 Å². The van der Waals surface area contributed by atoms with Gasteiger partial charge >= 0.3 is 17.9 Å². The van der Waals surface area contributed by atoms with Gasteiger partial charge < -0.3 is 14.2 Å². The molecule has 6 nitrogen and oxygen atoms in total. The molecule has 0 bridgehead atoms. The van der Waals surface area contributed by atoms with Crippen LogP contribution in [-0.4, -0.2) is 37.2 Å². The fourth-order valence-corrected chi connectivity index (χ4v) is 5.34. The molecule has 0 N–H and O–H groups in total. The van der Waals surface area contributed by atoms with Crippen molar-refractivity contribution in [1.29, 1.82) is 0 Å². The number of hydrogen-bond donors (Lipinski definition) is 0. The van der Waals surface area contributed by atoms with Gasteiger partial charge in [0, 0.05) is 19.3 Å². The fourth-order valence-electron chi connectivity index (χ4n) is 5.34. The lowest BCUT2D eigenvalue weighted by molar-refractivity contribution is -0.167. The molecule has 0 heterocycles. The van der Waals surface area contributed by atoms with Gasteiger partial charge in [-0.05, 0) is 31.1 Å². The van der Waals surface area contributed by atoms with Crippen molar-refractivity contribution in [2.45, 2.75) is 201 Å². The van der Waals surface area contributed by atoms with Crippen LogP contribution in [0.25, 0.3) is 0 Å². The average Bonchev–Trinajstić information content (AvgIpc) is 2.98. The first-order valence-corrected chi connectivity index (χ1v) is 18.7. The largest absolute Gasteiger partial charge is 0.462 e. The number of ether oxygens (including phenoxy) is 3. The number of rotatable bonds is 32. The Kier molecular flexibility index (Phi) is 30.3. The maximum Gasteiger partial charge on any atom is 0.306 e. The van der Waals surface area contributed by atoms with Gasteiger partial charge in [-0.3, -0.25) is 14.4 Å². The SMILES string of the molecule is CCCCCCCC(=O)OC[C@H](COC(=O)CCCCCCCCCCCC(C)C)OC(=O)CCCCCCCCC(C)C. The van der Waals surface area contributed by atoms with Crippen LogP contribution in [0.5, 0.6) is 0 Å². The van der Waals surface area contributed by atoms with Crippen LogP contribution in [0.1, 0.15) is 195 Å². The molecule has 0 aliphatic rings. The van der Waals surface area contributed by atoms with Gasteiger partial charge in [0.25, 0.3) is 0 Å². The second kappa shape index (κ2) is 31.4. The highest BCUT2D eigenvalue weighted by atomic mass is 16.6. The predicted molar refractivity (Wildman–Crippen MR) is 183 cm³/mol. The lowest BCUT2D eigenvalue weighted by Crippen LogP contribution is -2.30. The van der Waals surface area contributed by atoms with Crippen LogP contribution in [0.4, 0.5) is 0 Å². The van der Waals surface area contributed by atoms with Crippen molar-refractivity contribution in [3.8, 4) is 0 Å². The molecule has 0 fully saturated rings. The molecule has 44 heavy (non-hydrogen) atoms. The summed E-state index contributed by atoms with van der Waals surface area (Å²) in [7, 11) is 0. The quantitative estimate of drug-likeness (QED) is 0.0421. The lowest BCUT2D eigenvalue weighted by atomic mass is 10.0. The number of carbonyl (C=O) groups excluding carboxylic acids is 3. The smallest absolute Gasteiger partial charge is 0.306 e. The zero-order valence-corrected chi connectivity index (χ0v) is 29.8. The van der Waals surface area contributed by atoms with Crippen LogP contribution in [0.15, 0.2) is 0 Å². The van der Waals surface area contributed by atoms with Crippen LogP contribution < -0.4 is 0 Å². The molecule has 0 spiro atoms. The van der Waals surface area contributed by atoms with Crippen molar-refractivity contribution in [1.82, 2.24) is 0 Å². The van der Waals surface area contributed by atoms with Crippen molar-refractivity contribution in [2.24, 2.45) is 11.8 Å². The molecular weight excluding hydrogens is 552 g/mol. The molecule has 0 aromatic heterocycles. The summed E-state index contributed by atoms with van der Waals surface area (Å²) in [5.74, 6) is 0.680. The summed E-state index contributed by atoms with van der Waals surface area (Å²) in [6.45, 7) is 11.1. The lowest BCUT2D eigenvalue weighted by Gasteiger charge is -2.18. The van der Waals surface area contributed by atoms with Crippen LogP contribution in [0.2, 0.25) is 0 Å². The van der Waals surface area contributed by atoms with Crippen molar-refractivity contribution in [3.05, 3.63) is 0 Å². The van der Waals surface area contributed by atoms with Gasteiger partial charge in [-0.2, -0.15) is 0 Å².